The Balaban J connectivity index is 2.54. The smallest absolute Gasteiger partial charge is 0.266 e. The maximum absolute atomic E-state index is 11.2. The molecule has 0 atom stereocenters. The number of benzene rings is 1. The van der Waals surface area contributed by atoms with Gasteiger partial charge in [-0.05, 0) is 0 Å². The van der Waals surface area contributed by atoms with Crippen molar-refractivity contribution < 1.29 is 4.79 Å². The fourth-order valence-corrected chi connectivity index (χ4v) is 1.30. The molecule has 0 radical (unpaired) electrons. The van der Waals surface area contributed by atoms with E-state index in [9.17, 15) is 4.79 Å². The SMILES string of the molecule is O=C1C=N/C=c2/cccc/c2=C/N=CN=CC=N1. The lowest BCUT2D eigenvalue weighted by Gasteiger charge is -1.87. The number of hydrogen-bond donors (Lipinski definition) is 0. The lowest BCUT2D eigenvalue weighted by Crippen LogP contribution is -2.22. The Kier molecular flexibility index (Phi) is 4.02. The van der Waals surface area contributed by atoms with Gasteiger partial charge >= 0.3 is 0 Å². The van der Waals surface area contributed by atoms with E-state index in [1.807, 2.05) is 24.3 Å². The Morgan fingerprint density at radius 1 is 0.833 bits per heavy atom. The van der Waals surface area contributed by atoms with Gasteiger partial charge in [-0.2, -0.15) is 0 Å². The number of rotatable bonds is 0. The maximum atomic E-state index is 11.2. The summed E-state index contributed by atoms with van der Waals surface area (Å²) in [5.41, 5.74) is 0. The van der Waals surface area contributed by atoms with Crippen molar-refractivity contribution in [3.05, 3.63) is 34.7 Å². The van der Waals surface area contributed by atoms with Crippen LogP contribution >= 0.6 is 0 Å². The minimum atomic E-state index is -0.435. The molecular formula is C13H10N4O. The van der Waals surface area contributed by atoms with Crippen molar-refractivity contribution in [2.24, 2.45) is 20.0 Å². The van der Waals surface area contributed by atoms with E-state index >= 15 is 0 Å². The molecule has 5 nitrogen and oxygen atoms in total. The molecule has 0 aromatic heterocycles. The van der Waals surface area contributed by atoms with Gasteiger partial charge in [-0.3, -0.25) is 9.79 Å². The third-order valence-corrected chi connectivity index (χ3v) is 2.10. The highest BCUT2D eigenvalue weighted by Gasteiger charge is 1.88. The van der Waals surface area contributed by atoms with Crippen LogP contribution in [0.15, 0.2) is 44.2 Å². The van der Waals surface area contributed by atoms with Crippen LogP contribution in [-0.4, -0.2) is 30.9 Å². The van der Waals surface area contributed by atoms with Crippen molar-refractivity contribution in [3.8, 4) is 0 Å². The first-order valence-electron chi connectivity index (χ1n) is 5.26. The van der Waals surface area contributed by atoms with Gasteiger partial charge in [-0.25, -0.2) is 15.0 Å². The molecule has 0 bridgehead atoms. The normalized spacial score (nSPS) is 18.6. The topological polar surface area (TPSA) is 66.5 Å². The molecule has 88 valence electrons. The molecule has 0 fully saturated rings. The molecule has 18 heavy (non-hydrogen) atoms. The highest BCUT2D eigenvalue weighted by atomic mass is 16.1. The van der Waals surface area contributed by atoms with Crippen molar-refractivity contribution in [2.45, 2.75) is 0 Å². The lowest BCUT2D eigenvalue weighted by atomic mass is 10.2. The lowest BCUT2D eigenvalue weighted by molar-refractivity contribution is -0.111. The standard InChI is InChI=1S/C13H10N4O/c18-13-9-15-7-11-3-1-2-4-12(11)8-16-10-14-5-6-17-13/h1-10H/b11-7-,12-8-,14-5?,15-9?,16-10?,17-6?. The van der Waals surface area contributed by atoms with E-state index in [1.165, 1.54) is 18.8 Å². The van der Waals surface area contributed by atoms with Gasteiger partial charge in [0.05, 0.1) is 6.21 Å². The number of fused-ring (bicyclic) bond motifs is 1. The van der Waals surface area contributed by atoms with Crippen LogP contribution in [0.4, 0.5) is 0 Å². The number of hydrogen-bond acceptors (Lipinski definition) is 4. The van der Waals surface area contributed by atoms with E-state index in [-0.39, 0.29) is 0 Å². The van der Waals surface area contributed by atoms with Crippen molar-refractivity contribution in [2.75, 3.05) is 0 Å². The molecule has 0 unspecified atom stereocenters. The van der Waals surface area contributed by atoms with Gasteiger partial charge in [-0.15, -0.1) is 0 Å². The van der Waals surface area contributed by atoms with Crippen molar-refractivity contribution in [3.63, 3.8) is 0 Å². The van der Waals surface area contributed by atoms with E-state index in [1.54, 1.807) is 12.4 Å². The van der Waals surface area contributed by atoms with Crippen LogP contribution < -0.4 is 10.4 Å². The van der Waals surface area contributed by atoms with Gasteiger partial charge in [-0.1, -0.05) is 24.3 Å². The third kappa shape index (κ3) is 3.41. The van der Waals surface area contributed by atoms with Crippen LogP contribution in [0, 0.1) is 0 Å². The predicted octanol–water partition coefficient (Wildman–Crippen LogP) is -0.0565. The highest BCUT2D eigenvalue weighted by molar-refractivity contribution is 6.32. The van der Waals surface area contributed by atoms with Gasteiger partial charge in [0.25, 0.3) is 5.91 Å². The molecule has 0 spiro atoms. The first-order valence-corrected chi connectivity index (χ1v) is 5.26. The first kappa shape index (κ1) is 11.8. The van der Waals surface area contributed by atoms with Gasteiger partial charge in [0.1, 0.15) is 6.34 Å². The Hall–Kier alpha value is -2.69. The predicted molar refractivity (Wildman–Crippen MR) is 73.6 cm³/mol. The summed E-state index contributed by atoms with van der Waals surface area (Å²) in [5.74, 6) is -0.435. The van der Waals surface area contributed by atoms with Crippen molar-refractivity contribution >= 4 is 43.3 Å². The second-order valence-corrected chi connectivity index (χ2v) is 3.34. The van der Waals surface area contributed by atoms with Gasteiger partial charge in [0, 0.05) is 35.3 Å². The fraction of sp³-hybridized carbons (Fsp3) is 0. The minimum Gasteiger partial charge on any atom is -0.266 e. The van der Waals surface area contributed by atoms with E-state index < -0.39 is 5.91 Å². The number of carbonyl (C=O) groups is 1. The highest BCUT2D eigenvalue weighted by Crippen LogP contribution is 1.78. The molecule has 1 aliphatic heterocycles. The van der Waals surface area contributed by atoms with E-state index in [2.05, 4.69) is 20.0 Å². The van der Waals surface area contributed by atoms with Gasteiger partial charge in [0.15, 0.2) is 0 Å². The van der Waals surface area contributed by atoms with E-state index in [0.29, 0.717) is 0 Å². The minimum absolute atomic E-state index is 0.435. The van der Waals surface area contributed by atoms with Gasteiger partial charge in [0.2, 0.25) is 0 Å². The number of amides is 1. The Morgan fingerprint density at radius 3 is 2.33 bits per heavy atom. The molecule has 0 saturated heterocycles. The molecule has 0 N–H and O–H groups in total. The number of carbonyl (C=O) groups excluding carboxylic acids is 1. The molecule has 0 saturated carbocycles. The van der Waals surface area contributed by atoms with E-state index in [4.69, 9.17) is 0 Å². The van der Waals surface area contributed by atoms with Gasteiger partial charge < -0.3 is 0 Å². The summed E-state index contributed by atoms with van der Waals surface area (Å²) in [6.45, 7) is 0. The van der Waals surface area contributed by atoms with Crippen molar-refractivity contribution in [1.82, 2.24) is 0 Å². The zero-order chi connectivity index (χ0) is 12.6. The largest absolute Gasteiger partial charge is 0.288 e. The Morgan fingerprint density at radius 2 is 1.56 bits per heavy atom. The zero-order valence-electron chi connectivity index (χ0n) is 9.47. The molecular weight excluding hydrogens is 228 g/mol. The average molecular weight is 238 g/mol. The number of nitrogens with zero attached hydrogens (tertiary/aromatic N) is 4. The Bertz CT molecular complexity index is 668. The second-order valence-electron chi connectivity index (χ2n) is 3.34. The maximum Gasteiger partial charge on any atom is 0.288 e. The van der Waals surface area contributed by atoms with Crippen LogP contribution in [0.1, 0.15) is 0 Å². The molecule has 0 aliphatic carbocycles. The summed E-state index contributed by atoms with van der Waals surface area (Å²) >= 11 is 0. The Labute approximate surface area is 103 Å². The molecule has 5 heteroatoms. The van der Waals surface area contributed by atoms with Crippen LogP contribution in [0.3, 0.4) is 0 Å². The number of aliphatic imine (C=N–C) groups is 4. The molecule has 1 heterocycles. The summed E-state index contributed by atoms with van der Waals surface area (Å²) in [6, 6.07) is 7.58. The van der Waals surface area contributed by atoms with E-state index in [0.717, 1.165) is 16.7 Å². The second kappa shape index (κ2) is 6.15. The van der Waals surface area contributed by atoms with Crippen LogP contribution in [0.25, 0.3) is 12.4 Å². The van der Waals surface area contributed by atoms with Crippen LogP contribution in [0.5, 0.6) is 0 Å². The summed E-state index contributed by atoms with van der Waals surface area (Å²) in [5, 5.41) is 1.76. The monoisotopic (exact) mass is 238 g/mol. The fourth-order valence-electron chi connectivity index (χ4n) is 1.30. The zero-order valence-corrected chi connectivity index (χ0v) is 9.47. The van der Waals surface area contributed by atoms with Crippen LogP contribution in [0.2, 0.25) is 0 Å². The van der Waals surface area contributed by atoms with Crippen LogP contribution in [-0.2, 0) is 4.79 Å². The first-order chi connectivity index (χ1) is 8.86. The summed E-state index contributed by atoms with van der Waals surface area (Å²) in [7, 11) is 0. The summed E-state index contributed by atoms with van der Waals surface area (Å²) in [6.07, 6.45) is 8.48. The quantitative estimate of drug-likeness (QED) is 0.624. The third-order valence-electron chi connectivity index (χ3n) is 2.10. The molecule has 1 aromatic carbocycles. The molecule has 2 rings (SSSR count). The summed E-state index contributed by atoms with van der Waals surface area (Å²) in [4.78, 5) is 26.6. The molecule has 1 aliphatic rings. The molecule has 1 aromatic rings. The summed E-state index contributed by atoms with van der Waals surface area (Å²) < 4.78 is 0. The molecule has 1 amide bonds. The van der Waals surface area contributed by atoms with Crippen molar-refractivity contribution in [1.29, 1.82) is 0 Å². The average Bonchev–Trinajstić information content (AvgIpc) is 2.40.